The first kappa shape index (κ1) is 28.3. The molecule has 234 valence electrons. The minimum absolute atomic E-state index is 0.802. The van der Waals surface area contributed by atoms with Gasteiger partial charge in [-0.05, 0) is 106 Å². The maximum Gasteiger partial charge on any atom is 0.153 e. The second-order valence-corrected chi connectivity index (χ2v) is 12.6. The van der Waals surface area contributed by atoms with Crippen LogP contribution in [0.4, 0.5) is 0 Å². The van der Waals surface area contributed by atoms with Gasteiger partial charge in [-0.2, -0.15) is 0 Å². The molecule has 4 aromatic heterocycles. The van der Waals surface area contributed by atoms with Crippen molar-refractivity contribution < 1.29 is 8.83 Å². The Hall–Kier alpha value is -6.78. The van der Waals surface area contributed by atoms with Crippen LogP contribution in [0, 0.1) is 0 Å². The highest BCUT2D eigenvalue weighted by atomic mass is 16.3. The number of hydrogen-bond acceptors (Lipinski definition) is 4. The van der Waals surface area contributed by atoms with Crippen LogP contribution in [0.2, 0.25) is 0 Å². The van der Waals surface area contributed by atoms with Crippen LogP contribution in [0.3, 0.4) is 0 Å². The Kier molecular flexibility index (Phi) is 6.46. The summed E-state index contributed by atoms with van der Waals surface area (Å²) in [5.41, 5.74) is 15.2. The maximum atomic E-state index is 6.06. The van der Waals surface area contributed by atoms with Crippen molar-refractivity contribution in [2.75, 3.05) is 0 Å². The zero-order chi connectivity index (χ0) is 33.0. The summed E-state index contributed by atoms with van der Waals surface area (Å²) in [6.45, 7) is 0. The lowest BCUT2D eigenvalue weighted by atomic mass is 9.96. The fourth-order valence-corrected chi connectivity index (χ4v) is 7.03. The fourth-order valence-electron chi connectivity index (χ4n) is 7.03. The Labute approximate surface area is 287 Å². The highest BCUT2D eigenvalue weighted by molar-refractivity contribution is 6.06. The van der Waals surface area contributed by atoms with Crippen LogP contribution in [0.25, 0.3) is 99.9 Å². The smallest absolute Gasteiger partial charge is 0.153 e. The number of nitrogens with zero attached hydrogens (tertiary/aromatic N) is 2. The molecule has 0 saturated heterocycles. The first-order chi connectivity index (χ1) is 24.7. The third kappa shape index (κ3) is 4.85. The van der Waals surface area contributed by atoms with Crippen LogP contribution in [-0.4, -0.2) is 9.97 Å². The molecule has 0 radical (unpaired) electrons. The molecule has 0 amide bonds. The van der Waals surface area contributed by atoms with Gasteiger partial charge < -0.3 is 8.83 Å². The molecule has 0 aliphatic heterocycles. The molecule has 0 atom stereocenters. The summed E-state index contributed by atoms with van der Waals surface area (Å²) in [5, 5.41) is 3.28. The molecule has 0 saturated carbocycles. The van der Waals surface area contributed by atoms with Gasteiger partial charge in [-0.3, -0.25) is 4.98 Å². The van der Waals surface area contributed by atoms with E-state index in [1.54, 1.807) is 0 Å². The molecule has 6 aromatic carbocycles. The second-order valence-electron chi connectivity index (χ2n) is 12.6. The molecule has 4 heterocycles. The minimum atomic E-state index is 0.802. The van der Waals surface area contributed by atoms with Gasteiger partial charge >= 0.3 is 0 Å². The largest absolute Gasteiger partial charge is 0.456 e. The summed E-state index contributed by atoms with van der Waals surface area (Å²) in [5.74, 6) is 0. The highest BCUT2D eigenvalue weighted by Crippen LogP contribution is 2.36. The van der Waals surface area contributed by atoms with Crippen LogP contribution in [0.1, 0.15) is 0 Å². The van der Waals surface area contributed by atoms with E-state index < -0.39 is 0 Å². The van der Waals surface area contributed by atoms with E-state index in [0.29, 0.717) is 0 Å². The van der Waals surface area contributed by atoms with Crippen molar-refractivity contribution in [3.05, 3.63) is 170 Å². The monoisotopic (exact) mass is 640 g/mol. The minimum Gasteiger partial charge on any atom is -0.456 e. The molecule has 10 rings (SSSR count). The van der Waals surface area contributed by atoms with Crippen LogP contribution in [-0.2, 0) is 0 Å². The van der Waals surface area contributed by atoms with Crippen LogP contribution in [0.15, 0.2) is 179 Å². The number of aromatic nitrogens is 2. The van der Waals surface area contributed by atoms with E-state index in [1.807, 2.05) is 36.5 Å². The van der Waals surface area contributed by atoms with Crippen LogP contribution >= 0.6 is 0 Å². The lowest BCUT2D eigenvalue weighted by Crippen LogP contribution is -1.89. The van der Waals surface area contributed by atoms with E-state index in [4.69, 9.17) is 13.8 Å². The van der Waals surface area contributed by atoms with E-state index in [9.17, 15) is 0 Å². The average Bonchev–Trinajstić information content (AvgIpc) is 3.76. The summed E-state index contributed by atoms with van der Waals surface area (Å²) in [4.78, 5) is 9.71. The molecule has 4 nitrogen and oxygen atoms in total. The molecule has 0 unspecified atom stereocenters. The molecule has 0 spiro atoms. The van der Waals surface area contributed by atoms with Gasteiger partial charge in [0.25, 0.3) is 0 Å². The van der Waals surface area contributed by atoms with Gasteiger partial charge in [-0.25, -0.2) is 4.98 Å². The third-order valence-electron chi connectivity index (χ3n) is 9.53. The summed E-state index contributed by atoms with van der Waals surface area (Å²) in [6, 6.07) is 57.0. The van der Waals surface area contributed by atoms with Crippen molar-refractivity contribution in [1.29, 1.82) is 0 Å². The molecule has 0 aliphatic rings. The maximum absolute atomic E-state index is 6.06. The SMILES string of the molecule is c1cc(-c2cccc(-c3cccc(-c4cccc(-c5ccc6oc7ccccc7c6c5)c4)n3)c2)cc(-c2ccc3oc4cccnc4c3c2)c1. The van der Waals surface area contributed by atoms with Crippen molar-refractivity contribution >= 4 is 44.0 Å². The molecule has 0 fully saturated rings. The standard InChI is InChI=1S/C46H28N2O2/c1-2-17-42-37(14-1)38-27-33(19-21-43(38)49-42)32-11-5-13-36(26-32)41-16-6-15-40(48-41)35-12-4-10-31(25-35)29-8-3-9-30(24-29)34-20-22-44-39(28-34)46-45(50-44)18-7-23-47-46/h1-28H. The molecule has 0 aliphatic carbocycles. The highest BCUT2D eigenvalue weighted by Gasteiger charge is 2.12. The van der Waals surface area contributed by atoms with Gasteiger partial charge in [0.15, 0.2) is 5.58 Å². The molecule has 4 heteroatoms. The normalized spacial score (nSPS) is 11.6. The van der Waals surface area contributed by atoms with E-state index in [0.717, 1.165) is 99.9 Å². The Morgan fingerprint density at radius 1 is 0.320 bits per heavy atom. The zero-order valence-electron chi connectivity index (χ0n) is 26.9. The van der Waals surface area contributed by atoms with Gasteiger partial charge in [0.2, 0.25) is 0 Å². The van der Waals surface area contributed by atoms with E-state index >= 15 is 0 Å². The Balaban J connectivity index is 0.968. The van der Waals surface area contributed by atoms with Gasteiger partial charge in [-0.15, -0.1) is 0 Å². The van der Waals surface area contributed by atoms with E-state index in [2.05, 4.69) is 138 Å². The van der Waals surface area contributed by atoms with E-state index in [-0.39, 0.29) is 0 Å². The van der Waals surface area contributed by atoms with Gasteiger partial charge in [0.1, 0.15) is 22.3 Å². The lowest BCUT2D eigenvalue weighted by Gasteiger charge is -2.10. The lowest BCUT2D eigenvalue weighted by molar-refractivity contribution is 0.668. The van der Waals surface area contributed by atoms with Crippen molar-refractivity contribution in [2.45, 2.75) is 0 Å². The topological polar surface area (TPSA) is 52.1 Å². The number of benzene rings is 6. The summed E-state index contributed by atoms with van der Waals surface area (Å²) in [6.07, 6.45) is 1.81. The molecule has 10 aromatic rings. The Morgan fingerprint density at radius 3 is 1.48 bits per heavy atom. The van der Waals surface area contributed by atoms with Crippen LogP contribution < -0.4 is 0 Å². The predicted octanol–water partition coefficient (Wildman–Crippen LogP) is 12.6. The van der Waals surface area contributed by atoms with Crippen molar-refractivity contribution in [3.63, 3.8) is 0 Å². The third-order valence-corrected chi connectivity index (χ3v) is 9.53. The zero-order valence-corrected chi connectivity index (χ0v) is 26.9. The van der Waals surface area contributed by atoms with Gasteiger partial charge in [-0.1, -0.05) is 91.0 Å². The van der Waals surface area contributed by atoms with Crippen molar-refractivity contribution in [2.24, 2.45) is 0 Å². The molecular formula is C46H28N2O2. The fraction of sp³-hybridized carbons (Fsp3) is 0. The quantitative estimate of drug-likeness (QED) is 0.188. The predicted molar refractivity (Wildman–Crippen MR) is 204 cm³/mol. The van der Waals surface area contributed by atoms with Gasteiger partial charge in [0.05, 0.1) is 11.4 Å². The summed E-state index contributed by atoms with van der Waals surface area (Å²) < 4.78 is 12.1. The van der Waals surface area contributed by atoms with Crippen molar-refractivity contribution in [3.8, 4) is 55.9 Å². The summed E-state index contributed by atoms with van der Waals surface area (Å²) in [7, 11) is 0. The second kappa shape index (κ2) is 11.4. The Morgan fingerprint density at radius 2 is 0.800 bits per heavy atom. The number of rotatable bonds is 5. The number of fused-ring (bicyclic) bond motifs is 6. The number of hydrogen-bond donors (Lipinski definition) is 0. The average molecular weight is 641 g/mol. The number of furan rings is 2. The van der Waals surface area contributed by atoms with E-state index in [1.165, 1.54) is 0 Å². The van der Waals surface area contributed by atoms with Crippen LogP contribution in [0.5, 0.6) is 0 Å². The number of para-hydroxylation sites is 1. The van der Waals surface area contributed by atoms with Crippen molar-refractivity contribution in [1.82, 2.24) is 9.97 Å². The molecular weight excluding hydrogens is 613 g/mol. The first-order valence-corrected chi connectivity index (χ1v) is 16.7. The Bertz CT molecular complexity index is 2700. The first-order valence-electron chi connectivity index (χ1n) is 16.7. The number of pyridine rings is 2. The summed E-state index contributed by atoms with van der Waals surface area (Å²) >= 11 is 0. The molecule has 0 N–H and O–H groups in total. The molecule has 0 bridgehead atoms. The molecule has 50 heavy (non-hydrogen) atoms. The van der Waals surface area contributed by atoms with Gasteiger partial charge in [0, 0.05) is 33.5 Å².